The lowest BCUT2D eigenvalue weighted by Crippen LogP contribution is -2.53. The summed E-state index contributed by atoms with van der Waals surface area (Å²) in [7, 11) is 1.49. The SMILES string of the molecule is COc1cc(CC(=O)N2CCN(C(=O)NCCC(=O)O)CC2)ccc1NC(=O)Nc1ccccc1C. The first kappa shape index (κ1) is 26.3. The van der Waals surface area contributed by atoms with Crippen molar-refractivity contribution in [2.45, 2.75) is 19.8 Å². The second kappa shape index (κ2) is 12.4. The quantitative estimate of drug-likeness (QED) is 0.442. The van der Waals surface area contributed by atoms with Crippen LogP contribution in [0.15, 0.2) is 42.5 Å². The van der Waals surface area contributed by atoms with Crippen molar-refractivity contribution in [1.29, 1.82) is 0 Å². The molecule has 0 bridgehead atoms. The maximum absolute atomic E-state index is 12.8. The van der Waals surface area contributed by atoms with Crippen LogP contribution in [0.5, 0.6) is 5.75 Å². The Morgan fingerprint density at radius 2 is 1.61 bits per heavy atom. The lowest BCUT2D eigenvalue weighted by Gasteiger charge is -2.34. The number of nitrogens with one attached hydrogen (secondary N) is 3. The Balaban J connectivity index is 1.51. The van der Waals surface area contributed by atoms with E-state index in [9.17, 15) is 19.2 Å². The number of ether oxygens (including phenoxy) is 1. The molecule has 11 heteroatoms. The number of aliphatic carboxylic acids is 1. The van der Waals surface area contributed by atoms with E-state index in [1.165, 1.54) is 7.11 Å². The van der Waals surface area contributed by atoms with Crippen molar-refractivity contribution in [2.24, 2.45) is 0 Å². The summed E-state index contributed by atoms with van der Waals surface area (Å²) in [5.74, 6) is -0.624. The monoisotopic (exact) mass is 497 g/mol. The number of anilines is 2. The first-order chi connectivity index (χ1) is 17.3. The summed E-state index contributed by atoms with van der Waals surface area (Å²) in [6, 6.07) is 11.9. The molecular formula is C25H31N5O6. The molecule has 1 fully saturated rings. The fourth-order valence-electron chi connectivity index (χ4n) is 3.77. The molecule has 0 saturated carbocycles. The molecule has 0 unspecified atom stereocenters. The summed E-state index contributed by atoms with van der Waals surface area (Å²) in [5, 5.41) is 16.8. The molecule has 1 aliphatic rings. The van der Waals surface area contributed by atoms with Crippen molar-refractivity contribution in [3.63, 3.8) is 0 Å². The van der Waals surface area contributed by atoms with Crippen molar-refractivity contribution in [2.75, 3.05) is 50.5 Å². The Morgan fingerprint density at radius 3 is 2.28 bits per heavy atom. The Hall–Kier alpha value is -4.28. The minimum absolute atomic E-state index is 0.0630. The van der Waals surface area contributed by atoms with Crippen LogP contribution in [0.25, 0.3) is 0 Å². The molecule has 192 valence electrons. The number of para-hydroxylation sites is 1. The summed E-state index contributed by atoms with van der Waals surface area (Å²) in [4.78, 5) is 51.2. The molecule has 11 nitrogen and oxygen atoms in total. The smallest absolute Gasteiger partial charge is 0.323 e. The largest absolute Gasteiger partial charge is 0.495 e. The van der Waals surface area contributed by atoms with Gasteiger partial charge in [-0.3, -0.25) is 9.59 Å². The number of benzene rings is 2. The van der Waals surface area contributed by atoms with Gasteiger partial charge in [-0.05, 0) is 36.2 Å². The predicted molar refractivity (Wildman–Crippen MR) is 134 cm³/mol. The van der Waals surface area contributed by atoms with E-state index in [0.29, 0.717) is 43.3 Å². The number of urea groups is 2. The van der Waals surface area contributed by atoms with Gasteiger partial charge in [-0.2, -0.15) is 0 Å². The molecule has 1 saturated heterocycles. The van der Waals surface area contributed by atoms with Crippen LogP contribution in [0.2, 0.25) is 0 Å². The minimum atomic E-state index is -0.975. The summed E-state index contributed by atoms with van der Waals surface area (Å²) in [6.07, 6.45) is 0.0101. The van der Waals surface area contributed by atoms with E-state index >= 15 is 0 Å². The third-order valence-corrected chi connectivity index (χ3v) is 5.80. The summed E-state index contributed by atoms with van der Waals surface area (Å²) < 4.78 is 5.42. The predicted octanol–water partition coefficient (Wildman–Crippen LogP) is 2.52. The van der Waals surface area contributed by atoms with E-state index in [1.807, 2.05) is 31.2 Å². The standard InChI is InChI=1S/C25H31N5O6/c1-17-5-3-4-6-19(17)27-24(34)28-20-8-7-18(15-21(20)36-2)16-22(31)29-11-13-30(14-12-29)25(35)26-10-9-23(32)33/h3-8,15H,9-14,16H2,1-2H3,(H,26,35)(H,32,33)(H2,27,28,34). The molecule has 2 aromatic rings. The fraction of sp³-hybridized carbons (Fsp3) is 0.360. The van der Waals surface area contributed by atoms with Crippen LogP contribution in [0.3, 0.4) is 0 Å². The highest BCUT2D eigenvalue weighted by molar-refractivity contribution is 6.01. The Kier molecular flexibility index (Phi) is 9.09. The van der Waals surface area contributed by atoms with Gasteiger partial charge in [0, 0.05) is 38.4 Å². The Bertz CT molecular complexity index is 1110. The van der Waals surface area contributed by atoms with Crippen LogP contribution < -0.4 is 20.7 Å². The zero-order chi connectivity index (χ0) is 26.1. The van der Waals surface area contributed by atoms with Gasteiger partial charge in [-0.25, -0.2) is 9.59 Å². The zero-order valence-corrected chi connectivity index (χ0v) is 20.4. The number of hydrogen-bond acceptors (Lipinski definition) is 5. The molecule has 1 aliphatic heterocycles. The molecule has 3 rings (SSSR count). The number of carbonyl (C=O) groups excluding carboxylic acids is 3. The molecule has 0 spiro atoms. The maximum atomic E-state index is 12.8. The second-order valence-electron chi connectivity index (χ2n) is 8.35. The van der Waals surface area contributed by atoms with Gasteiger partial charge in [0.2, 0.25) is 5.91 Å². The van der Waals surface area contributed by atoms with Crippen molar-refractivity contribution in [1.82, 2.24) is 15.1 Å². The third kappa shape index (κ3) is 7.36. The summed E-state index contributed by atoms with van der Waals surface area (Å²) >= 11 is 0. The molecule has 0 radical (unpaired) electrons. The first-order valence-corrected chi connectivity index (χ1v) is 11.6. The first-order valence-electron chi connectivity index (χ1n) is 11.6. The van der Waals surface area contributed by atoms with Crippen LogP contribution in [-0.2, 0) is 16.0 Å². The molecule has 2 aromatic carbocycles. The van der Waals surface area contributed by atoms with Gasteiger partial charge >= 0.3 is 18.0 Å². The van der Waals surface area contributed by atoms with Crippen molar-refractivity contribution in [3.8, 4) is 5.75 Å². The van der Waals surface area contributed by atoms with Gasteiger partial charge in [0.05, 0.1) is 25.6 Å². The maximum Gasteiger partial charge on any atom is 0.323 e. The van der Waals surface area contributed by atoms with E-state index in [4.69, 9.17) is 9.84 Å². The fourth-order valence-corrected chi connectivity index (χ4v) is 3.77. The van der Waals surface area contributed by atoms with E-state index in [1.54, 1.807) is 28.0 Å². The highest BCUT2D eigenvalue weighted by Gasteiger charge is 2.24. The number of nitrogens with zero attached hydrogens (tertiary/aromatic N) is 2. The van der Waals surface area contributed by atoms with Gasteiger partial charge in [0.25, 0.3) is 0 Å². The van der Waals surface area contributed by atoms with Gasteiger partial charge in [0.1, 0.15) is 5.75 Å². The van der Waals surface area contributed by atoms with Crippen LogP contribution >= 0.6 is 0 Å². The molecular weight excluding hydrogens is 466 g/mol. The van der Waals surface area contributed by atoms with E-state index in [0.717, 1.165) is 11.1 Å². The molecule has 0 aromatic heterocycles. The summed E-state index contributed by atoms with van der Waals surface area (Å²) in [5.41, 5.74) is 2.85. The molecule has 0 aliphatic carbocycles. The lowest BCUT2D eigenvalue weighted by atomic mass is 10.1. The van der Waals surface area contributed by atoms with Crippen LogP contribution in [0.4, 0.5) is 21.0 Å². The molecule has 0 atom stereocenters. The van der Waals surface area contributed by atoms with E-state index in [2.05, 4.69) is 16.0 Å². The molecule has 4 N–H and O–H groups in total. The number of carbonyl (C=O) groups is 4. The highest BCUT2D eigenvalue weighted by atomic mass is 16.5. The third-order valence-electron chi connectivity index (χ3n) is 5.80. The van der Waals surface area contributed by atoms with Gasteiger partial charge in [-0.15, -0.1) is 0 Å². The number of piperazine rings is 1. The topological polar surface area (TPSA) is 140 Å². The number of carboxylic acid groups (broad SMARTS) is 1. The van der Waals surface area contributed by atoms with Gasteiger partial charge in [-0.1, -0.05) is 24.3 Å². The molecule has 5 amide bonds. The molecule has 36 heavy (non-hydrogen) atoms. The molecule has 1 heterocycles. The van der Waals surface area contributed by atoms with Gasteiger partial charge in [0.15, 0.2) is 0 Å². The Morgan fingerprint density at radius 1 is 0.944 bits per heavy atom. The van der Waals surface area contributed by atoms with Crippen LogP contribution in [0, 0.1) is 6.92 Å². The van der Waals surface area contributed by atoms with Crippen molar-refractivity contribution >= 4 is 35.3 Å². The van der Waals surface area contributed by atoms with Crippen molar-refractivity contribution < 1.29 is 29.0 Å². The van der Waals surface area contributed by atoms with Crippen molar-refractivity contribution in [3.05, 3.63) is 53.6 Å². The van der Waals surface area contributed by atoms with Crippen LogP contribution in [0.1, 0.15) is 17.5 Å². The number of hydrogen-bond donors (Lipinski definition) is 4. The lowest BCUT2D eigenvalue weighted by molar-refractivity contribution is -0.137. The van der Waals surface area contributed by atoms with E-state index in [-0.39, 0.29) is 31.3 Å². The van der Waals surface area contributed by atoms with E-state index < -0.39 is 12.0 Å². The number of rotatable bonds is 8. The highest BCUT2D eigenvalue weighted by Crippen LogP contribution is 2.26. The number of methoxy groups -OCH3 is 1. The average Bonchev–Trinajstić information content (AvgIpc) is 2.86. The Labute approximate surface area is 209 Å². The number of amides is 5. The second-order valence-corrected chi connectivity index (χ2v) is 8.35. The number of carboxylic acids is 1. The zero-order valence-electron chi connectivity index (χ0n) is 20.4. The van der Waals surface area contributed by atoms with Crippen LogP contribution in [-0.4, -0.2) is 78.7 Å². The number of aryl methyl sites for hydroxylation is 1. The average molecular weight is 498 g/mol. The normalized spacial score (nSPS) is 13.1. The van der Waals surface area contributed by atoms with Gasteiger partial charge < -0.3 is 35.6 Å². The summed E-state index contributed by atoms with van der Waals surface area (Å²) in [6.45, 7) is 3.48. The minimum Gasteiger partial charge on any atom is -0.495 e.